The number of amides is 1. The molecule has 1 saturated heterocycles. The maximum absolute atomic E-state index is 12.2. The summed E-state index contributed by atoms with van der Waals surface area (Å²) in [6, 6.07) is 5.68. The van der Waals surface area contributed by atoms with Crippen molar-refractivity contribution in [1.29, 1.82) is 0 Å². The van der Waals surface area contributed by atoms with Gasteiger partial charge >= 0.3 is 6.36 Å². The lowest BCUT2D eigenvalue weighted by atomic mass is 10.1. The van der Waals surface area contributed by atoms with E-state index in [1.54, 1.807) is 13.1 Å². The minimum absolute atomic E-state index is 0.00198. The number of carbonyl (C=O) groups excluding carboxylic acids is 1. The lowest BCUT2D eigenvalue weighted by Gasteiger charge is -2.21. The standard InChI is InChI=1S/C14H17F3N2O2/c1-19(13(20)11-5-6-18-8-11)9-10-3-2-4-12(7-10)21-14(15,16)17/h2-4,7,11,18H,5-6,8-9H2,1H3. The molecule has 1 atom stereocenters. The summed E-state index contributed by atoms with van der Waals surface area (Å²) in [5.74, 6) is -0.324. The fraction of sp³-hybridized carbons (Fsp3) is 0.500. The second-order valence-corrected chi connectivity index (χ2v) is 5.08. The van der Waals surface area contributed by atoms with Crippen LogP contribution < -0.4 is 10.1 Å². The molecular weight excluding hydrogens is 285 g/mol. The molecule has 1 fully saturated rings. The quantitative estimate of drug-likeness (QED) is 0.926. The number of halogens is 3. The van der Waals surface area contributed by atoms with E-state index in [-0.39, 0.29) is 24.1 Å². The summed E-state index contributed by atoms with van der Waals surface area (Å²) in [5.41, 5.74) is 0.596. The van der Waals surface area contributed by atoms with E-state index in [1.165, 1.54) is 23.1 Å². The summed E-state index contributed by atoms with van der Waals surface area (Å²) in [7, 11) is 1.65. The third kappa shape index (κ3) is 4.63. The van der Waals surface area contributed by atoms with Gasteiger partial charge in [-0.2, -0.15) is 0 Å². The van der Waals surface area contributed by atoms with E-state index in [2.05, 4.69) is 10.1 Å². The van der Waals surface area contributed by atoms with Crippen molar-refractivity contribution in [3.05, 3.63) is 29.8 Å². The Labute approximate surface area is 120 Å². The maximum Gasteiger partial charge on any atom is 0.573 e. The molecule has 7 heteroatoms. The average molecular weight is 302 g/mol. The minimum Gasteiger partial charge on any atom is -0.406 e. The van der Waals surface area contributed by atoms with Crippen LogP contribution in [0.4, 0.5) is 13.2 Å². The molecule has 116 valence electrons. The number of alkyl halides is 3. The predicted octanol–water partition coefficient (Wildman–Crippen LogP) is 2.15. The van der Waals surface area contributed by atoms with Crippen LogP contribution in [0.25, 0.3) is 0 Å². The van der Waals surface area contributed by atoms with E-state index in [1.807, 2.05) is 0 Å². The van der Waals surface area contributed by atoms with Crippen molar-refractivity contribution in [2.24, 2.45) is 5.92 Å². The molecule has 4 nitrogen and oxygen atoms in total. The number of rotatable bonds is 4. The van der Waals surface area contributed by atoms with Crippen LogP contribution in [0.15, 0.2) is 24.3 Å². The molecule has 1 unspecified atom stereocenters. The van der Waals surface area contributed by atoms with Gasteiger partial charge in [0.1, 0.15) is 5.75 Å². The first-order valence-electron chi connectivity index (χ1n) is 6.65. The van der Waals surface area contributed by atoms with Gasteiger partial charge in [-0.3, -0.25) is 4.79 Å². The van der Waals surface area contributed by atoms with E-state index in [0.717, 1.165) is 13.0 Å². The van der Waals surface area contributed by atoms with Crippen LogP contribution in [0.2, 0.25) is 0 Å². The van der Waals surface area contributed by atoms with Crippen LogP contribution in [0.1, 0.15) is 12.0 Å². The highest BCUT2D eigenvalue weighted by molar-refractivity contribution is 5.79. The molecule has 0 bridgehead atoms. The molecule has 0 radical (unpaired) electrons. The lowest BCUT2D eigenvalue weighted by Crippen LogP contribution is -2.33. The molecule has 1 N–H and O–H groups in total. The molecule has 1 aliphatic heterocycles. The van der Waals surface area contributed by atoms with E-state index in [4.69, 9.17) is 0 Å². The molecule has 0 saturated carbocycles. The zero-order valence-corrected chi connectivity index (χ0v) is 11.6. The van der Waals surface area contributed by atoms with Crippen molar-refractivity contribution in [3.63, 3.8) is 0 Å². The lowest BCUT2D eigenvalue weighted by molar-refractivity contribution is -0.274. The fourth-order valence-electron chi connectivity index (χ4n) is 2.37. The van der Waals surface area contributed by atoms with Crippen LogP contribution in [-0.2, 0) is 11.3 Å². The molecule has 1 aromatic rings. The minimum atomic E-state index is -4.71. The van der Waals surface area contributed by atoms with E-state index in [0.29, 0.717) is 12.1 Å². The molecule has 2 rings (SSSR count). The topological polar surface area (TPSA) is 41.6 Å². The van der Waals surface area contributed by atoms with E-state index < -0.39 is 6.36 Å². The van der Waals surface area contributed by atoms with Gasteiger partial charge in [0.15, 0.2) is 0 Å². The van der Waals surface area contributed by atoms with Crippen molar-refractivity contribution in [1.82, 2.24) is 10.2 Å². The number of ether oxygens (including phenoxy) is 1. The average Bonchev–Trinajstić information content (AvgIpc) is 2.89. The fourth-order valence-corrected chi connectivity index (χ4v) is 2.37. The second kappa shape index (κ2) is 6.34. The molecule has 21 heavy (non-hydrogen) atoms. The number of carbonyl (C=O) groups is 1. The Bertz CT molecular complexity index is 499. The number of nitrogens with zero attached hydrogens (tertiary/aromatic N) is 1. The van der Waals surface area contributed by atoms with Crippen LogP contribution in [0.5, 0.6) is 5.75 Å². The van der Waals surface area contributed by atoms with E-state index >= 15 is 0 Å². The van der Waals surface area contributed by atoms with Crippen LogP contribution >= 0.6 is 0 Å². The maximum atomic E-state index is 12.2. The molecule has 1 aliphatic rings. The van der Waals surface area contributed by atoms with Gasteiger partial charge in [0.25, 0.3) is 0 Å². The first-order chi connectivity index (χ1) is 9.85. The highest BCUT2D eigenvalue weighted by Crippen LogP contribution is 2.24. The molecular formula is C14H17F3N2O2. The Balaban J connectivity index is 1.98. The smallest absolute Gasteiger partial charge is 0.406 e. The molecule has 1 aromatic carbocycles. The summed E-state index contributed by atoms with van der Waals surface area (Å²) in [4.78, 5) is 13.7. The van der Waals surface area contributed by atoms with Gasteiger partial charge in [0, 0.05) is 20.1 Å². The van der Waals surface area contributed by atoms with Gasteiger partial charge in [-0.25, -0.2) is 0 Å². The third-order valence-corrected chi connectivity index (χ3v) is 3.34. The highest BCUT2D eigenvalue weighted by atomic mass is 19.4. The van der Waals surface area contributed by atoms with E-state index in [9.17, 15) is 18.0 Å². The highest BCUT2D eigenvalue weighted by Gasteiger charge is 2.31. The summed E-state index contributed by atoms with van der Waals surface area (Å²) in [5, 5.41) is 3.11. The number of hydrogen-bond acceptors (Lipinski definition) is 3. The van der Waals surface area contributed by atoms with Gasteiger partial charge < -0.3 is 15.0 Å². The third-order valence-electron chi connectivity index (χ3n) is 3.34. The second-order valence-electron chi connectivity index (χ2n) is 5.08. The SMILES string of the molecule is CN(Cc1cccc(OC(F)(F)F)c1)C(=O)C1CCNC1. The summed E-state index contributed by atoms with van der Waals surface area (Å²) in [6.07, 6.45) is -3.92. The first-order valence-corrected chi connectivity index (χ1v) is 6.65. The molecule has 1 amide bonds. The molecule has 0 spiro atoms. The first kappa shape index (κ1) is 15.6. The van der Waals surface area contributed by atoms with Crippen LogP contribution in [0, 0.1) is 5.92 Å². The summed E-state index contributed by atoms with van der Waals surface area (Å²) in [6.45, 7) is 1.73. The van der Waals surface area contributed by atoms with Gasteiger partial charge in [0.05, 0.1) is 5.92 Å². The van der Waals surface area contributed by atoms with Gasteiger partial charge in [0.2, 0.25) is 5.91 Å². The zero-order chi connectivity index (χ0) is 15.5. The predicted molar refractivity (Wildman–Crippen MR) is 70.6 cm³/mol. The summed E-state index contributed by atoms with van der Waals surface area (Å²) < 4.78 is 40.4. The van der Waals surface area contributed by atoms with Gasteiger partial charge in [-0.15, -0.1) is 13.2 Å². The monoisotopic (exact) mass is 302 g/mol. The van der Waals surface area contributed by atoms with Crippen molar-refractivity contribution < 1.29 is 22.7 Å². The Hall–Kier alpha value is -1.76. The van der Waals surface area contributed by atoms with Crippen LogP contribution in [0.3, 0.4) is 0 Å². The number of benzene rings is 1. The van der Waals surface area contributed by atoms with Crippen molar-refractivity contribution in [2.75, 3.05) is 20.1 Å². The Morgan fingerprint density at radius 2 is 2.24 bits per heavy atom. The number of nitrogens with one attached hydrogen (secondary N) is 1. The molecule has 1 heterocycles. The molecule has 0 aliphatic carbocycles. The van der Waals surface area contributed by atoms with Gasteiger partial charge in [-0.1, -0.05) is 12.1 Å². The normalized spacial score (nSPS) is 18.6. The number of hydrogen-bond donors (Lipinski definition) is 1. The Kier molecular flexibility index (Phi) is 4.72. The Morgan fingerprint density at radius 3 is 2.86 bits per heavy atom. The molecule has 0 aromatic heterocycles. The zero-order valence-electron chi connectivity index (χ0n) is 11.6. The van der Waals surface area contributed by atoms with Crippen LogP contribution in [-0.4, -0.2) is 37.3 Å². The van der Waals surface area contributed by atoms with Gasteiger partial charge in [-0.05, 0) is 30.7 Å². The van der Waals surface area contributed by atoms with Crippen molar-refractivity contribution >= 4 is 5.91 Å². The summed E-state index contributed by atoms with van der Waals surface area (Å²) >= 11 is 0. The Morgan fingerprint density at radius 1 is 1.48 bits per heavy atom. The largest absolute Gasteiger partial charge is 0.573 e. The van der Waals surface area contributed by atoms with Crippen molar-refractivity contribution in [2.45, 2.75) is 19.3 Å². The van der Waals surface area contributed by atoms with Crippen molar-refractivity contribution in [3.8, 4) is 5.75 Å².